The third-order valence-corrected chi connectivity index (χ3v) is 7.31. The number of hydrogen-bond acceptors (Lipinski definition) is 3. The molecule has 1 N–H and O–H groups in total. The number of benzene rings is 2. The number of fused-ring (bicyclic) bond motifs is 2. The van der Waals surface area contributed by atoms with Gasteiger partial charge in [-0.25, -0.2) is 0 Å². The number of aromatic nitrogens is 1. The number of aryl methyl sites for hydroxylation is 1. The summed E-state index contributed by atoms with van der Waals surface area (Å²) in [5.74, 6) is 0.433. The molecule has 1 fully saturated rings. The average molecular weight is 404 g/mol. The predicted octanol–water partition coefficient (Wildman–Crippen LogP) is 4.74. The van der Waals surface area contributed by atoms with Crippen LogP contribution in [0.4, 0.5) is 0 Å². The Morgan fingerprint density at radius 2 is 1.90 bits per heavy atom. The maximum atomic E-state index is 12.6. The Balaban J connectivity index is 1.44. The summed E-state index contributed by atoms with van der Waals surface area (Å²) in [4.78, 5) is 16.0. The van der Waals surface area contributed by atoms with Crippen LogP contribution in [0.5, 0.6) is 0 Å². The summed E-state index contributed by atoms with van der Waals surface area (Å²) >= 11 is 1.62. The van der Waals surface area contributed by atoms with Crippen LogP contribution in [-0.2, 0) is 13.6 Å². The van der Waals surface area contributed by atoms with E-state index in [1.165, 1.54) is 32.1 Å². The Hall–Kier alpha value is -2.63. The van der Waals surface area contributed by atoms with Crippen LogP contribution in [0.2, 0.25) is 0 Å². The van der Waals surface area contributed by atoms with Gasteiger partial charge < -0.3 is 9.88 Å². The van der Waals surface area contributed by atoms with Gasteiger partial charge in [0, 0.05) is 54.9 Å². The van der Waals surface area contributed by atoms with E-state index in [1.54, 1.807) is 18.4 Å². The van der Waals surface area contributed by atoms with Gasteiger partial charge >= 0.3 is 0 Å². The number of rotatable bonds is 4. The Morgan fingerprint density at radius 3 is 2.72 bits per heavy atom. The largest absolute Gasteiger partial charge is 0.354 e. The van der Waals surface area contributed by atoms with E-state index in [0.29, 0.717) is 5.92 Å². The summed E-state index contributed by atoms with van der Waals surface area (Å²) in [5.41, 5.74) is 3.90. The van der Waals surface area contributed by atoms with Crippen LogP contribution in [0.15, 0.2) is 54.7 Å². The van der Waals surface area contributed by atoms with Gasteiger partial charge in [0.25, 0.3) is 5.91 Å². The minimum absolute atomic E-state index is 0.0358. The van der Waals surface area contributed by atoms with Crippen molar-refractivity contribution in [3.8, 4) is 0 Å². The van der Waals surface area contributed by atoms with Gasteiger partial charge in [0.1, 0.15) is 0 Å². The number of carbonyl (C=O) groups is 1. The first-order chi connectivity index (χ1) is 14.2. The van der Waals surface area contributed by atoms with E-state index >= 15 is 0 Å². The number of likely N-dealkylation sites (tertiary alicyclic amines) is 1. The van der Waals surface area contributed by atoms with Crippen molar-refractivity contribution in [1.29, 1.82) is 0 Å². The van der Waals surface area contributed by atoms with E-state index in [2.05, 4.69) is 76.6 Å². The summed E-state index contributed by atoms with van der Waals surface area (Å²) in [7, 11) is 3.84. The Morgan fingerprint density at radius 1 is 1.14 bits per heavy atom. The van der Waals surface area contributed by atoms with Crippen molar-refractivity contribution in [2.24, 2.45) is 7.05 Å². The van der Waals surface area contributed by atoms with Crippen LogP contribution < -0.4 is 5.32 Å². The third-order valence-electron chi connectivity index (χ3n) is 6.12. The first-order valence-corrected chi connectivity index (χ1v) is 11.0. The lowest BCUT2D eigenvalue weighted by molar-refractivity contribution is 0.0966. The molecule has 1 amide bonds. The zero-order valence-corrected chi connectivity index (χ0v) is 17.6. The summed E-state index contributed by atoms with van der Waals surface area (Å²) in [5, 5.41) is 5.42. The van der Waals surface area contributed by atoms with Crippen LogP contribution in [0.3, 0.4) is 0 Å². The molecule has 4 nitrogen and oxygen atoms in total. The molecule has 5 rings (SSSR count). The van der Waals surface area contributed by atoms with E-state index in [9.17, 15) is 4.79 Å². The lowest BCUT2D eigenvalue weighted by Crippen LogP contribution is -2.21. The number of amides is 1. The highest BCUT2D eigenvalue weighted by atomic mass is 32.1. The quantitative estimate of drug-likeness (QED) is 0.534. The van der Waals surface area contributed by atoms with Gasteiger partial charge in [-0.15, -0.1) is 11.3 Å². The number of carbonyl (C=O) groups excluding carboxylic acids is 1. The zero-order valence-electron chi connectivity index (χ0n) is 16.8. The molecule has 0 radical (unpaired) electrons. The van der Waals surface area contributed by atoms with E-state index in [0.717, 1.165) is 30.9 Å². The molecule has 2 aromatic heterocycles. The number of para-hydroxylation sites is 1. The van der Waals surface area contributed by atoms with E-state index in [-0.39, 0.29) is 5.91 Å². The molecule has 0 spiro atoms. The normalized spacial score (nSPS) is 17.4. The number of thiophene rings is 1. The number of hydrogen-bond donors (Lipinski definition) is 1. The molecule has 4 aromatic rings. The molecule has 3 heterocycles. The molecule has 148 valence electrons. The van der Waals surface area contributed by atoms with Gasteiger partial charge in [-0.05, 0) is 41.6 Å². The molecule has 1 aliphatic rings. The van der Waals surface area contributed by atoms with Crippen molar-refractivity contribution >= 4 is 38.2 Å². The minimum atomic E-state index is 0.0358. The van der Waals surface area contributed by atoms with Crippen LogP contribution >= 0.6 is 11.3 Å². The van der Waals surface area contributed by atoms with Crippen LogP contribution in [-0.4, -0.2) is 35.5 Å². The molecule has 0 aliphatic carbocycles. The third kappa shape index (κ3) is 3.15. The van der Waals surface area contributed by atoms with Gasteiger partial charge in [0.15, 0.2) is 0 Å². The first kappa shape index (κ1) is 18.4. The van der Waals surface area contributed by atoms with Crippen molar-refractivity contribution in [2.45, 2.75) is 18.9 Å². The van der Waals surface area contributed by atoms with Crippen LogP contribution in [0.25, 0.3) is 21.0 Å². The second kappa shape index (κ2) is 7.32. The van der Waals surface area contributed by atoms with Crippen molar-refractivity contribution < 1.29 is 4.79 Å². The number of nitrogens with zero attached hydrogens (tertiary/aromatic N) is 2. The fraction of sp³-hybridized carbons (Fsp3) is 0.292. The molecule has 0 unspecified atom stereocenters. The van der Waals surface area contributed by atoms with Crippen molar-refractivity contribution in [1.82, 2.24) is 14.8 Å². The summed E-state index contributed by atoms with van der Waals surface area (Å²) in [6.07, 6.45) is 3.35. The lowest BCUT2D eigenvalue weighted by Gasteiger charge is -2.16. The molecular weight excluding hydrogens is 378 g/mol. The maximum Gasteiger partial charge on any atom is 0.261 e. The average Bonchev–Trinajstić information content (AvgIpc) is 3.44. The van der Waals surface area contributed by atoms with Crippen molar-refractivity contribution in [3.63, 3.8) is 0 Å². The van der Waals surface area contributed by atoms with E-state index in [4.69, 9.17) is 0 Å². The minimum Gasteiger partial charge on any atom is -0.354 e. The fourth-order valence-corrected chi connectivity index (χ4v) is 5.99. The molecular formula is C24H25N3OS. The van der Waals surface area contributed by atoms with E-state index < -0.39 is 0 Å². The molecule has 0 bridgehead atoms. The van der Waals surface area contributed by atoms with Gasteiger partial charge in [-0.3, -0.25) is 9.69 Å². The van der Waals surface area contributed by atoms with Gasteiger partial charge in [-0.2, -0.15) is 0 Å². The predicted molar refractivity (Wildman–Crippen MR) is 121 cm³/mol. The van der Waals surface area contributed by atoms with Crippen molar-refractivity contribution in [3.05, 3.63) is 70.7 Å². The monoisotopic (exact) mass is 403 g/mol. The molecule has 1 saturated heterocycles. The second-order valence-corrected chi connectivity index (χ2v) is 8.98. The topological polar surface area (TPSA) is 37.3 Å². The maximum absolute atomic E-state index is 12.6. The van der Waals surface area contributed by atoms with Crippen LogP contribution in [0, 0.1) is 0 Å². The molecule has 1 aliphatic heterocycles. The zero-order chi connectivity index (χ0) is 20.0. The smallest absolute Gasteiger partial charge is 0.261 e. The highest BCUT2D eigenvalue weighted by Gasteiger charge is 2.30. The van der Waals surface area contributed by atoms with Gasteiger partial charge in [-0.1, -0.05) is 36.4 Å². The van der Waals surface area contributed by atoms with Gasteiger partial charge in [0.2, 0.25) is 0 Å². The Bertz CT molecular complexity index is 1210. The summed E-state index contributed by atoms with van der Waals surface area (Å²) in [6, 6.07) is 17.0. The molecule has 1 atom stereocenters. The van der Waals surface area contributed by atoms with Crippen molar-refractivity contribution in [2.75, 3.05) is 20.1 Å². The summed E-state index contributed by atoms with van der Waals surface area (Å²) < 4.78 is 3.42. The summed E-state index contributed by atoms with van der Waals surface area (Å²) in [6.45, 7) is 3.01. The van der Waals surface area contributed by atoms with Gasteiger partial charge in [0.05, 0.1) is 4.88 Å². The standard InChI is InChI=1S/C24H25N3OS/c1-25-24(28)23-22(19-8-4-6-10-21(19)29-23)16-11-12-27(14-16)15-17-13-26(2)20-9-5-3-7-18(17)20/h3-10,13,16H,11-12,14-15H2,1-2H3,(H,25,28)/t16-/m0/s1. The Labute approximate surface area is 174 Å². The fourth-order valence-electron chi connectivity index (χ4n) is 4.76. The number of nitrogens with one attached hydrogen (secondary N) is 1. The highest BCUT2D eigenvalue weighted by Crippen LogP contribution is 2.40. The molecule has 0 saturated carbocycles. The first-order valence-electron chi connectivity index (χ1n) is 10.1. The molecule has 5 heteroatoms. The van der Waals surface area contributed by atoms with E-state index in [1.807, 2.05) is 0 Å². The van der Waals surface area contributed by atoms with Crippen LogP contribution in [0.1, 0.15) is 33.1 Å². The second-order valence-electron chi connectivity index (χ2n) is 7.92. The SMILES string of the molecule is CNC(=O)c1sc2ccccc2c1[C@H]1CCN(Cc2cn(C)c3ccccc23)C1. The Kier molecular flexibility index (Phi) is 4.64. The lowest BCUT2D eigenvalue weighted by atomic mass is 9.95. The molecule has 29 heavy (non-hydrogen) atoms. The molecule has 2 aromatic carbocycles. The highest BCUT2D eigenvalue weighted by molar-refractivity contribution is 7.21.